The van der Waals surface area contributed by atoms with Crippen molar-refractivity contribution in [3.8, 4) is 11.5 Å². The smallest absolute Gasteiger partial charge is 0.307 e. The molecule has 2 aromatic heterocycles. The second-order valence-corrected chi connectivity index (χ2v) is 8.11. The van der Waals surface area contributed by atoms with Gasteiger partial charge in [-0.2, -0.15) is 0 Å². The summed E-state index contributed by atoms with van der Waals surface area (Å²) in [5.41, 5.74) is 0.618. The van der Waals surface area contributed by atoms with Crippen LogP contribution >= 0.6 is 0 Å². The van der Waals surface area contributed by atoms with Crippen molar-refractivity contribution in [2.75, 3.05) is 30.3 Å². The van der Waals surface area contributed by atoms with Crippen LogP contribution in [0.15, 0.2) is 30.5 Å². The predicted molar refractivity (Wildman–Crippen MR) is 117 cm³/mol. The fourth-order valence-corrected chi connectivity index (χ4v) is 2.77. The Hall–Kier alpha value is -3.03. The zero-order chi connectivity index (χ0) is 22.0. The second kappa shape index (κ2) is 11.2. The van der Waals surface area contributed by atoms with Crippen LogP contribution in [-0.4, -0.2) is 46.4 Å². The van der Waals surface area contributed by atoms with Crippen molar-refractivity contribution in [2.45, 2.75) is 47.0 Å². The molecule has 0 radical (unpaired) electrons. The molecule has 2 rings (SSSR count). The van der Waals surface area contributed by atoms with Crippen LogP contribution in [0.1, 0.15) is 47.0 Å². The normalized spacial score (nSPS) is 11.1. The first-order valence-corrected chi connectivity index (χ1v) is 10.2. The van der Waals surface area contributed by atoms with E-state index in [0.29, 0.717) is 55.7 Å². The first-order chi connectivity index (χ1) is 14.3. The lowest BCUT2D eigenvalue weighted by atomic mass is 9.89. The Bertz CT molecular complexity index is 834. The van der Waals surface area contributed by atoms with Gasteiger partial charge in [-0.25, -0.2) is 9.97 Å². The number of hydrogen-bond donors (Lipinski definition) is 2. The third-order valence-electron chi connectivity index (χ3n) is 4.00. The van der Waals surface area contributed by atoms with Gasteiger partial charge >= 0.3 is 5.97 Å². The molecule has 0 fully saturated rings. The summed E-state index contributed by atoms with van der Waals surface area (Å²) in [4.78, 5) is 37.0. The third-order valence-corrected chi connectivity index (χ3v) is 4.00. The monoisotopic (exact) mass is 413 g/mol. The molecule has 0 saturated carbocycles. The molecule has 162 valence electrons. The van der Waals surface area contributed by atoms with Crippen LogP contribution in [0, 0.1) is 5.41 Å². The molecular weight excluding hydrogens is 382 g/mol. The minimum atomic E-state index is -0.264. The summed E-state index contributed by atoms with van der Waals surface area (Å²) in [5, 5.41) is 6.33. The molecule has 0 aromatic carbocycles. The number of ketones is 1. The Morgan fingerprint density at radius 3 is 2.27 bits per heavy atom. The molecule has 0 saturated heterocycles. The van der Waals surface area contributed by atoms with E-state index in [4.69, 9.17) is 4.74 Å². The number of ether oxygens (including phenoxy) is 1. The molecule has 30 heavy (non-hydrogen) atoms. The molecule has 0 spiro atoms. The Labute approximate surface area is 177 Å². The lowest BCUT2D eigenvalue weighted by Crippen LogP contribution is -2.16. The molecule has 8 nitrogen and oxygen atoms in total. The molecule has 0 unspecified atom stereocenters. The predicted octanol–water partition coefficient (Wildman–Crippen LogP) is 3.71. The zero-order valence-corrected chi connectivity index (χ0v) is 18.2. The maximum Gasteiger partial charge on any atom is 0.307 e. The van der Waals surface area contributed by atoms with E-state index in [0.717, 1.165) is 0 Å². The Morgan fingerprint density at radius 1 is 1.03 bits per heavy atom. The number of hydrogen-bond acceptors (Lipinski definition) is 8. The van der Waals surface area contributed by atoms with Crippen molar-refractivity contribution >= 4 is 23.4 Å². The van der Waals surface area contributed by atoms with Crippen LogP contribution in [-0.2, 0) is 14.3 Å². The number of pyridine rings is 1. The lowest BCUT2D eigenvalue weighted by Gasteiger charge is -2.17. The fourth-order valence-electron chi connectivity index (χ4n) is 2.77. The van der Waals surface area contributed by atoms with Crippen LogP contribution in [0.2, 0.25) is 0 Å². The van der Waals surface area contributed by atoms with Crippen LogP contribution < -0.4 is 10.6 Å². The number of esters is 1. The highest BCUT2D eigenvalue weighted by Crippen LogP contribution is 2.21. The molecule has 2 N–H and O–H groups in total. The molecule has 8 heteroatoms. The lowest BCUT2D eigenvalue weighted by molar-refractivity contribution is -0.142. The maximum absolute atomic E-state index is 12.1. The van der Waals surface area contributed by atoms with E-state index in [1.54, 1.807) is 19.2 Å². The van der Waals surface area contributed by atoms with Gasteiger partial charge in [-0.05, 0) is 24.5 Å². The second-order valence-electron chi connectivity index (χ2n) is 8.11. The van der Waals surface area contributed by atoms with Gasteiger partial charge in [0.05, 0.1) is 13.0 Å². The van der Waals surface area contributed by atoms with E-state index in [9.17, 15) is 9.59 Å². The van der Waals surface area contributed by atoms with Crippen molar-refractivity contribution in [1.82, 2.24) is 15.0 Å². The van der Waals surface area contributed by atoms with E-state index in [-0.39, 0.29) is 23.6 Å². The van der Waals surface area contributed by atoms with Gasteiger partial charge < -0.3 is 15.4 Å². The van der Waals surface area contributed by atoms with E-state index in [2.05, 4.69) is 46.4 Å². The Kier molecular flexibility index (Phi) is 8.70. The number of nitrogens with zero attached hydrogens (tertiary/aromatic N) is 3. The number of nitrogens with one attached hydrogen (secondary N) is 2. The van der Waals surface area contributed by atoms with Crippen LogP contribution in [0.25, 0.3) is 11.5 Å². The summed E-state index contributed by atoms with van der Waals surface area (Å²) in [7, 11) is 0. The highest BCUT2D eigenvalue weighted by molar-refractivity contribution is 5.79. The standard InChI is InChI=1S/C22H31N5O3/c1-5-30-20(29)10-13-25-19-14-18(24-12-9-16(28)15-22(2,3)4)26-21(27-19)17-8-6-7-11-23-17/h6-8,11,14H,5,9-10,12-13,15H2,1-4H3,(H2,24,25,26,27). The summed E-state index contributed by atoms with van der Waals surface area (Å²) in [6.07, 6.45) is 2.88. The van der Waals surface area contributed by atoms with Crippen LogP contribution in [0.3, 0.4) is 0 Å². The summed E-state index contributed by atoms with van der Waals surface area (Å²) in [6, 6.07) is 7.27. The first-order valence-electron chi connectivity index (χ1n) is 10.2. The number of anilines is 2. The van der Waals surface area contributed by atoms with Crippen LogP contribution in [0.5, 0.6) is 0 Å². The maximum atomic E-state index is 12.1. The zero-order valence-electron chi connectivity index (χ0n) is 18.2. The quantitative estimate of drug-likeness (QED) is 0.537. The summed E-state index contributed by atoms with van der Waals surface area (Å²) < 4.78 is 4.94. The van der Waals surface area contributed by atoms with Gasteiger partial charge in [0.15, 0.2) is 5.82 Å². The summed E-state index contributed by atoms with van der Waals surface area (Å²) >= 11 is 0. The third kappa shape index (κ3) is 8.55. The molecule has 0 atom stereocenters. The van der Waals surface area contributed by atoms with Crippen molar-refractivity contribution in [2.24, 2.45) is 5.41 Å². The van der Waals surface area contributed by atoms with E-state index in [1.165, 1.54) is 0 Å². The van der Waals surface area contributed by atoms with E-state index >= 15 is 0 Å². The Morgan fingerprint density at radius 2 is 1.70 bits per heavy atom. The number of aromatic nitrogens is 3. The largest absolute Gasteiger partial charge is 0.466 e. The number of carbonyl (C=O) groups excluding carboxylic acids is 2. The molecule has 0 aliphatic rings. The van der Waals surface area contributed by atoms with E-state index in [1.807, 2.05) is 18.2 Å². The molecule has 0 aliphatic heterocycles. The SMILES string of the molecule is CCOC(=O)CCNc1cc(NCCC(=O)CC(C)(C)C)nc(-c2ccccn2)n1. The van der Waals surface area contributed by atoms with Gasteiger partial charge in [-0.15, -0.1) is 0 Å². The first kappa shape index (κ1) is 23.3. The van der Waals surface area contributed by atoms with Crippen molar-refractivity contribution < 1.29 is 14.3 Å². The molecule has 0 amide bonds. The van der Waals surface area contributed by atoms with Gasteiger partial charge in [0.25, 0.3) is 0 Å². The minimum absolute atomic E-state index is 0.0197. The van der Waals surface area contributed by atoms with Gasteiger partial charge in [-0.3, -0.25) is 14.6 Å². The average molecular weight is 414 g/mol. The van der Waals surface area contributed by atoms with Crippen molar-refractivity contribution in [3.05, 3.63) is 30.5 Å². The van der Waals surface area contributed by atoms with Gasteiger partial charge in [0.2, 0.25) is 0 Å². The Balaban J connectivity index is 2.06. The van der Waals surface area contributed by atoms with Crippen molar-refractivity contribution in [3.63, 3.8) is 0 Å². The van der Waals surface area contributed by atoms with Gasteiger partial charge in [0.1, 0.15) is 23.1 Å². The molecule has 0 bridgehead atoms. The molecule has 2 aromatic rings. The average Bonchev–Trinajstić information content (AvgIpc) is 2.67. The molecular formula is C22H31N5O3. The summed E-state index contributed by atoms with van der Waals surface area (Å²) in [5.74, 6) is 1.56. The number of carbonyl (C=O) groups is 2. The highest BCUT2D eigenvalue weighted by Gasteiger charge is 2.16. The molecule has 2 heterocycles. The minimum Gasteiger partial charge on any atom is -0.466 e. The summed E-state index contributed by atoms with van der Waals surface area (Å²) in [6.45, 7) is 9.16. The number of rotatable bonds is 11. The van der Waals surface area contributed by atoms with Gasteiger partial charge in [0, 0.05) is 38.2 Å². The highest BCUT2D eigenvalue weighted by atomic mass is 16.5. The van der Waals surface area contributed by atoms with E-state index < -0.39 is 0 Å². The topological polar surface area (TPSA) is 106 Å². The van der Waals surface area contributed by atoms with Crippen molar-refractivity contribution in [1.29, 1.82) is 0 Å². The molecule has 0 aliphatic carbocycles. The number of Topliss-reactive ketones (excluding diaryl/α,β-unsaturated/α-hetero) is 1. The fraction of sp³-hybridized carbons (Fsp3) is 0.500. The van der Waals surface area contributed by atoms with Gasteiger partial charge in [-0.1, -0.05) is 26.8 Å². The van der Waals surface area contributed by atoms with Crippen LogP contribution in [0.4, 0.5) is 11.6 Å².